The number of para-hydroxylation sites is 2. The molecule has 0 saturated carbocycles. The molecule has 2 heterocycles. The van der Waals surface area contributed by atoms with Gasteiger partial charge in [-0.05, 0) is 35.9 Å². The second kappa shape index (κ2) is 6.76. The summed E-state index contributed by atoms with van der Waals surface area (Å²) < 4.78 is 27.1. The summed E-state index contributed by atoms with van der Waals surface area (Å²) in [6.07, 6.45) is 2.71. The van der Waals surface area contributed by atoms with Gasteiger partial charge in [0.2, 0.25) is 6.79 Å². The summed E-state index contributed by atoms with van der Waals surface area (Å²) in [5, 5.41) is 0. The maximum Gasteiger partial charge on any atom is 0.330 e. The lowest BCUT2D eigenvalue weighted by Gasteiger charge is -2.25. The molecule has 128 valence electrons. The van der Waals surface area contributed by atoms with Crippen molar-refractivity contribution < 1.29 is 28.5 Å². The highest BCUT2D eigenvalue weighted by Gasteiger charge is 2.21. The van der Waals surface area contributed by atoms with E-state index in [1.807, 2.05) is 30.3 Å². The van der Waals surface area contributed by atoms with Crippen LogP contribution in [-0.4, -0.2) is 32.1 Å². The minimum absolute atomic E-state index is 0.124. The second-order valence-corrected chi connectivity index (χ2v) is 5.57. The van der Waals surface area contributed by atoms with Gasteiger partial charge in [0, 0.05) is 6.08 Å². The lowest BCUT2D eigenvalue weighted by Crippen LogP contribution is -2.34. The zero-order chi connectivity index (χ0) is 17.1. The minimum Gasteiger partial charge on any atom is -0.486 e. The van der Waals surface area contributed by atoms with Crippen LogP contribution in [-0.2, 0) is 9.53 Å². The normalized spacial score (nSPS) is 17.5. The molecule has 6 nitrogen and oxygen atoms in total. The average Bonchev–Trinajstić information content (AvgIpc) is 3.12. The fourth-order valence-corrected chi connectivity index (χ4v) is 2.55. The topological polar surface area (TPSA) is 63.2 Å². The van der Waals surface area contributed by atoms with Gasteiger partial charge in [0.1, 0.15) is 13.2 Å². The molecule has 2 aromatic carbocycles. The van der Waals surface area contributed by atoms with Gasteiger partial charge in [0.05, 0.1) is 0 Å². The number of carbonyl (C=O) groups excluding carboxylic acids is 1. The first-order valence-corrected chi connectivity index (χ1v) is 7.91. The molecule has 2 aliphatic heterocycles. The summed E-state index contributed by atoms with van der Waals surface area (Å²) >= 11 is 0. The Morgan fingerprint density at radius 3 is 2.76 bits per heavy atom. The molecular formula is C19H16O6. The van der Waals surface area contributed by atoms with Gasteiger partial charge in [-0.25, -0.2) is 4.79 Å². The van der Waals surface area contributed by atoms with E-state index < -0.39 is 5.97 Å². The fraction of sp³-hybridized carbons (Fsp3) is 0.211. The monoisotopic (exact) mass is 340 g/mol. The third-order valence-electron chi connectivity index (χ3n) is 3.79. The first kappa shape index (κ1) is 15.4. The molecule has 0 N–H and O–H groups in total. The second-order valence-electron chi connectivity index (χ2n) is 5.57. The number of hydrogen-bond acceptors (Lipinski definition) is 6. The standard InChI is InChI=1S/C19H16O6/c20-19(8-6-13-5-7-16-18(9-13)24-12-23-16)22-11-14-10-21-15-3-1-2-4-17(15)25-14/h1-9,14H,10-12H2/b8-6+. The molecule has 4 rings (SSSR count). The molecule has 0 aromatic heterocycles. The Hall–Kier alpha value is -3.15. The molecule has 0 amide bonds. The number of hydrogen-bond donors (Lipinski definition) is 0. The van der Waals surface area contributed by atoms with Crippen molar-refractivity contribution in [2.45, 2.75) is 6.10 Å². The Balaban J connectivity index is 1.29. The van der Waals surface area contributed by atoms with Gasteiger partial charge in [-0.1, -0.05) is 18.2 Å². The van der Waals surface area contributed by atoms with E-state index in [0.29, 0.717) is 29.6 Å². The largest absolute Gasteiger partial charge is 0.486 e. The highest BCUT2D eigenvalue weighted by Crippen LogP contribution is 2.33. The SMILES string of the molecule is O=C(/C=C/c1ccc2c(c1)OCO2)OCC1COc2ccccc2O1. The maximum atomic E-state index is 11.9. The van der Waals surface area contributed by atoms with E-state index in [1.165, 1.54) is 6.08 Å². The van der Waals surface area contributed by atoms with Gasteiger partial charge in [0.25, 0.3) is 0 Å². The fourth-order valence-electron chi connectivity index (χ4n) is 2.55. The Bertz CT molecular complexity index is 813. The predicted molar refractivity (Wildman–Crippen MR) is 88.9 cm³/mol. The van der Waals surface area contributed by atoms with E-state index >= 15 is 0 Å². The molecule has 0 spiro atoms. The van der Waals surface area contributed by atoms with Gasteiger partial charge >= 0.3 is 5.97 Å². The average molecular weight is 340 g/mol. The summed E-state index contributed by atoms with van der Waals surface area (Å²) in [4.78, 5) is 11.9. The lowest BCUT2D eigenvalue weighted by molar-refractivity contribution is -0.140. The molecule has 1 unspecified atom stereocenters. The Labute approximate surface area is 144 Å². The number of benzene rings is 2. The van der Waals surface area contributed by atoms with Crippen LogP contribution < -0.4 is 18.9 Å². The van der Waals surface area contributed by atoms with E-state index in [1.54, 1.807) is 18.2 Å². The molecule has 0 fully saturated rings. The van der Waals surface area contributed by atoms with Crippen molar-refractivity contribution in [3.8, 4) is 23.0 Å². The first-order valence-electron chi connectivity index (χ1n) is 7.91. The van der Waals surface area contributed by atoms with Crippen LogP contribution in [0.3, 0.4) is 0 Å². The zero-order valence-corrected chi connectivity index (χ0v) is 13.3. The molecule has 6 heteroatoms. The van der Waals surface area contributed by atoms with Gasteiger partial charge in [-0.2, -0.15) is 0 Å². The highest BCUT2D eigenvalue weighted by atomic mass is 16.7. The molecule has 0 radical (unpaired) electrons. The molecule has 0 aliphatic carbocycles. The van der Waals surface area contributed by atoms with Crippen LogP contribution in [0.2, 0.25) is 0 Å². The van der Waals surface area contributed by atoms with Crippen molar-refractivity contribution in [2.75, 3.05) is 20.0 Å². The van der Waals surface area contributed by atoms with Crippen LogP contribution in [0.15, 0.2) is 48.5 Å². The molecule has 2 aromatic rings. The summed E-state index contributed by atoms with van der Waals surface area (Å²) in [6.45, 7) is 0.686. The number of ether oxygens (including phenoxy) is 5. The van der Waals surface area contributed by atoms with Crippen molar-refractivity contribution >= 4 is 12.0 Å². The van der Waals surface area contributed by atoms with Crippen LogP contribution in [0.5, 0.6) is 23.0 Å². The number of carbonyl (C=O) groups is 1. The quantitative estimate of drug-likeness (QED) is 0.630. The first-order chi connectivity index (χ1) is 12.3. The lowest BCUT2D eigenvalue weighted by atomic mass is 10.2. The van der Waals surface area contributed by atoms with E-state index in [2.05, 4.69) is 0 Å². The van der Waals surface area contributed by atoms with E-state index in [0.717, 1.165) is 5.56 Å². The summed E-state index contributed by atoms with van der Waals surface area (Å²) in [5.74, 6) is 2.29. The van der Waals surface area contributed by atoms with Gasteiger partial charge in [-0.15, -0.1) is 0 Å². The van der Waals surface area contributed by atoms with Crippen LogP contribution in [0.4, 0.5) is 0 Å². The summed E-state index contributed by atoms with van der Waals surface area (Å²) in [5.41, 5.74) is 0.826. The van der Waals surface area contributed by atoms with Crippen molar-refractivity contribution in [1.29, 1.82) is 0 Å². The van der Waals surface area contributed by atoms with Gasteiger partial charge in [-0.3, -0.25) is 0 Å². The smallest absolute Gasteiger partial charge is 0.330 e. The van der Waals surface area contributed by atoms with Crippen LogP contribution in [0.1, 0.15) is 5.56 Å². The van der Waals surface area contributed by atoms with Crippen LogP contribution in [0.25, 0.3) is 6.08 Å². The Morgan fingerprint density at radius 2 is 1.84 bits per heavy atom. The van der Waals surface area contributed by atoms with Crippen molar-refractivity contribution in [3.63, 3.8) is 0 Å². The van der Waals surface area contributed by atoms with E-state index in [9.17, 15) is 4.79 Å². The van der Waals surface area contributed by atoms with Gasteiger partial charge in [0.15, 0.2) is 29.1 Å². The molecule has 0 saturated heterocycles. The van der Waals surface area contributed by atoms with Gasteiger partial charge < -0.3 is 23.7 Å². The molecule has 2 aliphatic rings. The third-order valence-corrected chi connectivity index (χ3v) is 3.79. The van der Waals surface area contributed by atoms with Crippen LogP contribution in [0, 0.1) is 0 Å². The third kappa shape index (κ3) is 3.52. The van der Waals surface area contributed by atoms with E-state index in [4.69, 9.17) is 23.7 Å². The number of rotatable bonds is 4. The van der Waals surface area contributed by atoms with Crippen molar-refractivity contribution in [3.05, 3.63) is 54.1 Å². The van der Waals surface area contributed by atoms with E-state index in [-0.39, 0.29) is 19.5 Å². The van der Waals surface area contributed by atoms with Crippen molar-refractivity contribution in [1.82, 2.24) is 0 Å². The Kier molecular flexibility index (Phi) is 4.16. The summed E-state index contributed by atoms with van der Waals surface area (Å²) in [6, 6.07) is 12.9. The molecular weight excluding hydrogens is 324 g/mol. The number of fused-ring (bicyclic) bond motifs is 2. The minimum atomic E-state index is -0.444. The molecule has 0 bridgehead atoms. The molecule has 25 heavy (non-hydrogen) atoms. The summed E-state index contributed by atoms with van der Waals surface area (Å²) in [7, 11) is 0. The maximum absolute atomic E-state index is 11.9. The molecule has 1 atom stereocenters. The Morgan fingerprint density at radius 1 is 1.04 bits per heavy atom. The number of esters is 1. The predicted octanol–water partition coefficient (Wildman–Crippen LogP) is 2.81. The zero-order valence-electron chi connectivity index (χ0n) is 13.3. The highest BCUT2D eigenvalue weighted by molar-refractivity contribution is 5.87. The van der Waals surface area contributed by atoms with Crippen LogP contribution >= 0.6 is 0 Å². The van der Waals surface area contributed by atoms with Crippen molar-refractivity contribution in [2.24, 2.45) is 0 Å².